The van der Waals surface area contributed by atoms with Crippen LogP contribution in [0.2, 0.25) is 0 Å². The first kappa shape index (κ1) is 32.5. The number of hydrogen-bond donors (Lipinski definition) is 2. The van der Waals surface area contributed by atoms with E-state index in [1.54, 1.807) is 18.3 Å². The molecule has 1 aliphatic carbocycles. The molecule has 0 radical (unpaired) electrons. The van der Waals surface area contributed by atoms with E-state index in [1.165, 1.54) is 7.05 Å². The molecule has 6 rings (SSSR count). The van der Waals surface area contributed by atoms with Gasteiger partial charge in [-0.1, -0.05) is 73.9 Å². The van der Waals surface area contributed by atoms with Crippen molar-refractivity contribution in [1.29, 1.82) is 0 Å². The number of carbonyl (C=O) groups excluding carboxylic acids is 2. The molecule has 2 aliphatic rings. The van der Waals surface area contributed by atoms with Gasteiger partial charge < -0.3 is 20.1 Å². The second-order valence-corrected chi connectivity index (χ2v) is 13.5. The van der Waals surface area contributed by atoms with E-state index in [9.17, 15) is 19.5 Å². The lowest BCUT2D eigenvalue weighted by molar-refractivity contribution is -0.140. The van der Waals surface area contributed by atoms with Gasteiger partial charge in [0.1, 0.15) is 29.4 Å². The summed E-state index contributed by atoms with van der Waals surface area (Å²) < 4.78 is 6.24. The zero-order valence-electron chi connectivity index (χ0n) is 26.9. The van der Waals surface area contributed by atoms with Gasteiger partial charge in [0.25, 0.3) is 0 Å². The summed E-state index contributed by atoms with van der Waals surface area (Å²) >= 11 is 1.56. The highest BCUT2D eigenvalue weighted by Gasteiger charge is 2.40. The third-order valence-electron chi connectivity index (χ3n) is 9.69. The van der Waals surface area contributed by atoms with E-state index in [1.807, 2.05) is 53.4 Å². The molecule has 3 atom stereocenters. The smallest absolute Gasteiger partial charge is 0.407 e. The average molecular weight is 655 g/mol. The van der Waals surface area contributed by atoms with Crippen molar-refractivity contribution in [2.24, 2.45) is 5.92 Å². The van der Waals surface area contributed by atoms with Crippen molar-refractivity contribution in [3.63, 3.8) is 0 Å². The van der Waals surface area contributed by atoms with Crippen molar-refractivity contribution in [3.8, 4) is 17.0 Å². The third kappa shape index (κ3) is 7.12. The molecular weight excluding hydrogens is 612 g/mol. The van der Waals surface area contributed by atoms with E-state index in [0.29, 0.717) is 13.2 Å². The van der Waals surface area contributed by atoms with Crippen LogP contribution in [0, 0.1) is 5.92 Å². The molecule has 1 aliphatic heterocycles. The molecule has 2 fully saturated rings. The predicted octanol–water partition coefficient (Wildman–Crippen LogP) is 7.27. The van der Waals surface area contributed by atoms with Crippen LogP contribution < -0.4 is 10.1 Å². The molecule has 0 bridgehead atoms. The van der Waals surface area contributed by atoms with Crippen LogP contribution in [0.3, 0.4) is 0 Å². The SMILES string of the molecule is C[C@@H](C(=O)N[C@H](C(=O)N1CCC[C@H]1c1nc(-c2ccc(OCc3ccccc3)c3ccccc23)cs1)C1CCCCC1)N(C)C(=O)O. The van der Waals surface area contributed by atoms with Crippen LogP contribution in [-0.4, -0.2) is 63.5 Å². The maximum atomic E-state index is 14.3. The average Bonchev–Trinajstić information content (AvgIpc) is 3.80. The number of thiazole rings is 1. The summed E-state index contributed by atoms with van der Waals surface area (Å²) in [5, 5.41) is 17.4. The first-order chi connectivity index (χ1) is 22.8. The maximum Gasteiger partial charge on any atom is 0.407 e. The predicted molar refractivity (Wildman–Crippen MR) is 183 cm³/mol. The third-order valence-corrected chi connectivity index (χ3v) is 10.6. The largest absolute Gasteiger partial charge is 0.488 e. The summed E-state index contributed by atoms with van der Waals surface area (Å²) in [6, 6.07) is 20.6. The first-order valence-corrected chi connectivity index (χ1v) is 17.4. The highest BCUT2D eigenvalue weighted by molar-refractivity contribution is 7.10. The van der Waals surface area contributed by atoms with E-state index in [4.69, 9.17) is 9.72 Å². The van der Waals surface area contributed by atoms with E-state index >= 15 is 0 Å². The minimum absolute atomic E-state index is 0.0182. The summed E-state index contributed by atoms with van der Waals surface area (Å²) in [6.45, 7) is 2.62. The topological polar surface area (TPSA) is 112 Å². The number of ether oxygens (including phenoxy) is 1. The van der Waals surface area contributed by atoms with Crippen LogP contribution >= 0.6 is 11.3 Å². The fourth-order valence-corrected chi connectivity index (χ4v) is 7.82. The lowest BCUT2D eigenvalue weighted by atomic mass is 9.83. The summed E-state index contributed by atoms with van der Waals surface area (Å²) in [5.41, 5.74) is 2.97. The molecule has 4 aromatic rings. The van der Waals surface area contributed by atoms with E-state index in [-0.39, 0.29) is 17.9 Å². The van der Waals surface area contributed by atoms with E-state index in [2.05, 4.69) is 28.9 Å². The minimum atomic E-state index is -1.19. The second kappa shape index (κ2) is 14.5. The molecule has 10 heteroatoms. The molecule has 0 unspecified atom stereocenters. The molecule has 1 saturated heterocycles. The summed E-state index contributed by atoms with van der Waals surface area (Å²) in [7, 11) is 1.37. The van der Waals surface area contributed by atoms with Gasteiger partial charge in [-0.15, -0.1) is 11.3 Å². The number of likely N-dealkylation sites (N-methyl/N-ethyl adjacent to an activating group) is 1. The number of nitrogens with one attached hydrogen (secondary N) is 1. The number of fused-ring (bicyclic) bond motifs is 1. The Morgan fingerprint density at radius 3 is 2.45 bits per heavy atom. The fourth-order valence-electron chi connectivity index (χ4n) is 6.85. The highest BCUT2D eigenvalue weighted by atomic mass is 32.1. The highest BCUT2D eigenvalue weighted by Crippen LogP contribution is 2.40. The van der Waals surface area contributed by atoms with Crippen molar-refractivity contribution < 1.29 is 24.2 Å². The molecule has 246 valence electrons. The van der Waals surface area contributed by atoms with Gasteiger partial charge >= 0.3 is 6.09 Å². The summed E-state index contributed by atoms with van der Waals surface area (Å²) in [5.74, 6) is 0.287. The lowest BCUT2D eigenvalue weighted by Crippen LogP contribution is -2.56. The molecule has 2 heterocycles. The number of carbonyl (C=O) groups is 3. The van der Waals surface area contributed by atoms with Crippen molar-refractivity contribution in [2.45, 2.75) is 76.6 Å². The Bertz CT molecular complexity index is 1720. The second-order valence-electron chi connectivity index (χ2n) is 12.6. The molecule has 1 aromatic heterocycles. The molecular formula is C37H42N4O5S. The van der Waals surface area contributed by atoms with Crippen molar-refractivity contribution in [3.05, 3.63) is 82.7 Å². The van der Waals surface area contributed by atoms with Gasteiger partial charge in [-0.3, -0.25) is 14.5 Å². The van der Waals surface area contributed by atoms with Gasteiger partial charge in [0.05, 0.1) is 11.7 Å². The molecule has 3 amide bonds. The van der Waals surface area contributed by atoms with Crippen LogP contribution in [-0.2, 0) is 16.2 Å². The summed E-state index contributed by atoms with van der Waals surface area (Å²) in [6.07, 6.45) is 5.33. The molecule has 47 heavy (non-hydrogen) atoms. The molecule has 9 nitrogen and oxygen atoms in total. The Morgan fingerprint density at radius 1 is 0.979 bits per heavy atom. The van der Waals surface area contributed by atoms with Gasteiger partial charge in [-0.05, 0) is 61.6 Å². The number of likely N-dealkylation sites (tertiary alicyclic amines) is 1. The quantitative estimate of drug-likeness (QED) is 0.186. The molecule has 1 saturated carbocycles. The zero-order chi connectivity index (χ0) is 32.9. The molecule has 3 aromatic carbocycles. The van der Waals surface area contributed by atoms with Gasteiger partial charge in [-0.25, -0.2) is 9.78 Å². The molecule has 2 N–H and O–H groups in total. The van der Waals surface area contributed by atoms with Gasteiger partial charge in [0.15, 0.2) is 0 Å². The van der Waals surface area contributed by atoms with Gasteiger partial charge in [0, 0.05) is 29.9 Å². The Balaban J connectivity index is 1.23. The number of hydrogen-bond acceptors (Lipinski definition) is 6. The van der Waals surface area contributed by atoms with Crippen molar-refractivity contribution >= 4 is 40.0 Å². The number of benzene rings is 3. The van der Waals surface area contributed by atoms with Crippen LogP contribution in [0.1, 0.15) is 68.5 Å². The Labute approximate surface area is 279 Å². The number of rotatable bonds is 10. The number of nitrogens with zero attached hydrogens (tertiary/aromatic N) is 3. The maximum absolute atomic E-state index is 14.3. The number of aromatic nitrogens is 1. The van der Waals surface area contributed by atoms with E-state index in [0.717, 1.165) is 88.2 Å². The van der Waals surface area contributed by atoms with E-state index < -0.39 is 24.1 Å². The van der Waals surface area contributed by atoms with Crippen LogP contribution in [0.4, 0.5) is 4.79 Å². The van der Waals surface area contributed by atoms with Gasteiger partial charge in [0.2, 0.25) is 11.8 Å². The molecule has 0 spiro atoms. The number of amides is 3. The monoisotopic (exact) mass is 654 g/mol. The van der Waals surface area contributed by atoms with Crippen molar-refractivity contribution in [1.82, 2.24) is 20.1 Å². The standard InChI is InChI=1S/C37H42N4O5S/c1-24(40(2)37(44)45)34(42)39-33(26-14-7-4-8-15-26)36(43)41-21-11-18-31(41)35-38-30(23-47-35)28-19-20-32(29-17-10-9-16-27(28)29)46-22-25-12-5-3-6-13-25/h3,5-6,9-10,12-13,16-17,19-20,23-24,26,31,33H,4,7-8,11,14-15,18,21-22H2,1-2H3,(H,39,42)(H,44,45)/t24-,31-,33-/m0/s1. The van der Waals surface area contributed by atoms with Crippen LogP contribution in [0.25, 0.3) is 22.0 Å². The summed E-state index contributed by atoms with van der Waals surface area (Å²) in [4.78, 5) is 47.0. The number of carboxylic acid groups (broad SMARTS) is 1. The van der Waals surface area contributed by atoms with Crippen LogP contribution in [0.5, 0.6) is 5.75 Å². The van der Waals surface area contributed by atoms with Crippen LogP contribution in [0.15, 0.2) is 72.1 Å². The Hall–Kier alpha value is -4.44. The zero-order valence-corrected chi connectivity index (χ0v) is 27.7. The Kier molecular flexibility index (Phi) is 10.1. The Morgan fingerprint density at radius 2 is 1.70 bits per heavy atom. The normalized spacial score (nSPS) is 18.1. The fraction of sp³-hybridized carbons (Fsp3) is 0.405. The van der Waals surface area contributed by atoms with Gasteiger partial charge in [-0.2, -0.15) is 0 Å². The van der Waals surface area contributed by atoms with Crippen molar-refractivity contribution in [2.75, 3.05) is 13.6 Å². The first-order valence-electron chi connectivity index (χ1n) is 16.5. The lowest BCUT2D eigenvalue weighted by Gasteiger charge is -2.35. The minimum Gasteiger partial charge on any atom is -0.488 e.